The fourth-order valence-electron chi connectivity index (χ4n) is 1.96. The number of rotatable bonds is 4. The van der Waals surface area contributed by atoms with Gasteiger partial charge in [0.2, 0.25) is 11.8 Å². The van der Waals surface area contributed by atoms with Crippen LogP contribution < -0.4 is 11.1 Å². The minimum Gasteiger partial charge on any atom is -0.326 e. The molecular formula is C13H14F3N3O2S. The average molecular weight is 333 g/mol. The van der Waals surface area contributed by atoms with Crippen molar-refractivity contribution < 1.29 is 22.8 Å². The number of hydrogen-bond donors (Lipinski definition) is 2. The number of carbonyl (C=O) groups excluding carboxylic acids is 2. The number of alkyl halides is 3. The molecule has 1 heterocycles. The first-order valence-corrected chi connectivity index (χ1v) is 7.51. The monoisotopic (exact) mass is 333 g/mol. The van der Waals surface area contributed by atoms with Crippen molar-refractivity contribution in [3.63, 3.8) is 0 Å². The summed E-state index contributed by atoms with van der Waals surface area (Å²) in [6.45, 7) is -0.256. The molecule has 0 saturated carbocycles. The first-order chi connectivity index (χ1) is 10.3. The van der Waals surface area contributed by atoms with Crippen molar-refractivity contribution in [2.75, 3.05) is 23.5 Å². The largest absolute Gasteiger partial charge is 0.416 e. The number of amides is 2. The number of nitrogens with zero attached hydrogens (tertiary/aromatic N) is 1. The van der Waals surface area contributed by atoms with Crippen LogP contribution in [-0.4, -0.2) is 34.9 Å². The Balaban J connectivity index is 2.11. The summed E-state index contributed by atoms with van der Waals surface area (Å²) in [4.78, 5) is 24.6. The van der Waals surface area contributed by atoms with E-state index in [1.165, 1.54) is 22.7 Å². The third-order valence-electron chi connectivity index (χ3n) is 3.00. The van der Waals surface area contributed by atoms with Crippen LogP contribution in [0.15, 0.2) is 18.2 Å². The molecule has 0 radical (unpaired) electrons. The van der Waals surface area contributed by atoms with Crippen LogP contribution in [-0.2, 0) is 22.3 Å². The number of benzene rings is 1. The summed E-state index contributed by atoms with van der Waals surface area (Å²) in [7, 11) is 0. The molecule has 5 nitrogen and oxygen atoms in total. The van der Waals surface area contributed by atoms with Gasteiger partial charge in [-0.3, -0.25) is 9.59 Å². The third kappa shape index (κ3) is 4.14. The number of carbonyl (C=O) groups is 2. The van der Waals surface area contributed by atoms with E-state index in [1.807, 2.05) is 0 Å². The molecule has 1 aliphatic heterocycles. The van der Waals surface area contributed by atoms with Gasteiger partial charge in [0.05, 0.1) is 17.2 Å². The molecular weight excluding hydrogens is 319 g/mol. The van der Waals surface area contributed by atoms with Crippen LogP contribution in [0.1, 0.15) is 11.1 Å². The maximum Gasteiger partial charge on any atom is 0.416 e. The smallest absolute Gasteiger partial charge is 0.326 e. The fourth-order valence-corrected chi connectivity index (χ4v) is 2.86. The maximum absolute atomic E-state index is 12.8. The highest BCUT2D eigenvalue weighted by Crippen LogP contribution is 2.32. The van der Waals surface area contributed by atoms with Gasteiger partial charge >= 0.3 is 6.18 Å². The Morgan fingerprint density at radius 3 is 2.64 bits per heavy atom. The van der Waals surface area contributed by atoms with E-state index in [-0.39, 0.29) is 30.2 Å². The highest BCUT2D eigenvalue weighted by atomic mass is 32.2. The van der Waals surface area contributed by atoms with Crippen molar-refractivity contribution in [1.82, 2.24) is 4.90 Å². The third-order valence-corrected chi connectivity index (χ3v) is 3.94. The molecule has 1 aromatic carbocycles. The summed E-state index contributed by atoms with van der Waals surface area (Å²) >= 11 is 1.38. The quantitative estimate of drug-likeness (QED) is 0.878. The second-order valence-electron chi connectivity index (χ2n) is 4.74. The van der Waals surface area contributed by atoms with Crippen molar-refractivity contribution in [2.24, 2.45) is 5.73 Å². The van der Waals surface area contributed by atoms with Crippen LogP contribution in [0.4, 0.5) is 18.9 Å². The first-order valence-electron chi connectivity index (χ1n) is 6.36. The Morgan fingerprint density at radius 2 is 2.09 bits per heavy atom. The summed E-state index contributed by atoms with van der Waals surface area (Å²) in [5.74, 6) is 0.0156. The van der Waals surface area contributed by atoms with Crippen LogP contribution in [0, 0.1) is 0 Å². The van der Waals surface area contributed by atoms with Crippen molar-refractivity contribution >= 4 is 29.3 Å². The SMILES string of the molecule is NCc1cc(NC(=O)CN2CSCC2=O)cc(C(F)(F)F)c1. The molecule has 2 amide bonds. The van der Waals surface area contributed by atoms with E-state index in [0.29, 0.717) is 11.6 Å². The van der Waals surface area contributed by atoms with Crippen LogP contribution in [0.2, 0.25) is 0 Å². The van der Waals surface area contributed by atoms with E-state index in [4.69, 9.17) is 5.73 Å². The normalized spacial score (nSPS) is 15.3. The number of halogens is 3. The second kappa shape index (κ2) is 6.57. The molecule has 1 fully saturated rings. The van der Waals surface area contributed by atoms with Gasteiger partial charge in [-0.2, -0.15) is 13.2 Å². The van der Waals surface area contributed by atoms with Crippen LogP contribution in [0.5, 0.6) is 0 Å². The second-order valence-corrected chi connectivity index (χ2v) is 5.69. The van der Waals surface area contributed by atoms with E-state index in [1.54, 1.807) is 0 Å². The number of thioether (sulfide) groups is 1. The highest BCUT2D eigenvalue weighted by Gasteiger charge is 2.31. The van der Waals surface area contributed by atoms with Gasteiger partial charge in [-0.05, 0) is 23.8 Å². The standard InChI is InChI=1S/C13H14F3N3O2S/c14-13(15,16)9-1-8(4-17)2-10(3-9)18-11(20)5-19-7-22-6-12(19)21/h1-3H,4-7,17H2,(H,18,20). The molecule has 1 aliphatic rings. The lowest BCUT2D eigenvalue weighted by molar-refractivity contribution is -0.137. The number of nitrogens with one attached hydrogen (secondary N) is 1. The van der Waals surface area contributed by atoms with Crippen molar-refractivity contribution in [2.45, 2.75) is 12.7 Å². The predicted molar refractivity (Wildman–Crippen MR) is 77.0 cm³/mol. The Labute approximate surface area is 129 Å². The van der Waals surface area contributed by atoms with E-state index < -0.39 is 17.6 Å². The van der Waals surface area contributed by atoms with Gasteiger partial charge < -0.3 is 16.0 Å². The Kier molecular flexibility index (Phi) is 4.97. The maximum atomic E-state index is 12.8. The van der Waals surface area contributed by atoms with Gasteiger partial charge in [-0.1, -0.05) is 0 Å². The molecule has 0 spiro atoms. The van der Waals surface area contributed by atoms with Gasteiger partial charge in [0.15, 0.2) is 0 Å². The summed E-state index contributed by atoms with van der Waals surface area (Å²) in [5.41, 5.74) is 4.78. The van der Waals surface area contributed by atoms with Gasteiger partial charge in [-0.25, -0.2) is 0 Å². The molecule has 0 aliphatic carbocycles. The minimum absolute atomic E-state index is 0.0135. The molecule has 0 aromatic heterocycles. The number of nitrogens with two attached hydrogens (primary N) is 1. The van der Waals surface area contributed by atoms with Gasteiger partial charge in [0.25, 0.3) is 0 Å². The van der Waals surface area contributed by atoms with Crippen molar-refractivity contribution in [3.05, 3.63) is 29.3 Å². The lowest BCUT2D eigenvalue weighted by Gasteiger charge is -2.16. The molecule has 3 N–H and O–H groups in total. The van der Waals surface area contributed by atoms with E-state index in [0.717, 1.165) is 12.1 Å². The zero-order chi connectivity index (χ0) is 16.3. The summed E-state index contributed by atoms with van der Waals surface area (Å²) in [6, 6.07) is 3.17. The van der Waals surface area contributed by atoms with Crippen LogP contribution >= 0.6 is 11.8 Å². The molecule has 2 rings (SSSR count). The average Bonchev–Trinajstić information content (AvgIpc) is 2.82. The zero-order valence-corrected chi connectivity index (χ0v) is 12.3. The fraction of sp³-hybridized carbons (Fsp3) is 0.385. The molecule has 9 heteroatoms. The molecule has 0 unspecified atom stereocenters. The first kappa shape index (κ1) is 16.6. The highest BCUT2D eigenvalue weighted by molar-refractivity contribution is 8.00. The number of hydrogen-bond acceptors (Lipinski definition) is 4. The van der Waals surface area contributed by atoms with E-state index in [2.05, 4.69) is 5.32 Å². The summed E-state index contributed by atoms with van der Waals surface area (Å²) < 4.78 is 38.4. The summed E-state index contributed by atoms with van der Waals surface area (Å²) in [6.07, 6.45) is -4.52. The van der Waals surface area contributed by atoms with Crippen molar-refractivity contribution in [3.8, 4) is 0 Å². The lowest BCUT2D eigenvalue weighted by Crippen LogP contribution is -2.34. The Morgan fingerprint density at radius 1 is 1.36 bits per heavy atom. The predicted octanol–water partition coefficient (Wildman–Crippen LogP) is 1.64. The topological polar surface area (TPSA) is 75.4 Å². The Bertz CT molecular complexity index is 592. The van der Waals surface area contributed by atoms with Crippen molar-refractivity contribution in [1.29, 1.82) is 0 Å². The van der Waals surface area contributed by atoms with Gasteiger partial charge in [-0.15, -0.1) is 11.8 Å². The number of anilines is 1. The minimum atomic E-state index is -4.52. The van der Waals surface area contributed by atoms with E-state index in [9.17, 15) is 22.8 Å². The van der Waals surface area contributed by atoms with E-state index >= 15 is 0 Å². The zero-order valence-electron chi connectivity index (χ0n) is 11.4. The van der Waals surface area contributed by atoms with Gasteiger partial charge in [0.1, 0.15) is 6.54 Å². The van der Waals surface area contributed by atoms with Crippen LogP contribution in [0.3, 0.4) is 0 Å². The molecule has 120 valence electrons. The Hall–Kier alpha value is -1.74. The van der Waals surface area contributed by atoms with Gasteiger partial charge in [0, 0.05) is 12.2 Å². The lowest BCUT2D eigenvalue weighted by atomic mass is 10.1. The molecule has 1 aromatic rings. The summed E-state index contributed by atoms with van der Waals surface area (Å²) in [5, 5.41) is 2.38. The molecule has 0 atom stereocenters. The molecule has 1 saturated heterocycles. The molecule has 22 heavy (non-hydrogen) atoms. The van der Waals surface area contributed by atoms with Crippen LogP contribution in [0.25, 0.3) is 0 Å². The molecule has 0 bridgehead atoms.